The molecule has 48 heavy (non-hydrogen) atoms. The van der Waals surface area contributed by atoms with E-state index in [1.54, 1.807) is 18.2 Å². The number of alkyl halides is 3. The van der Waals surface area contributed by atoms with Gasteiger partial charge in [-0.1, -0.05) is 77.3 Å². The van der Waals surface area contributed by atoms with E-state index in [1.165, 1.54) is 0 Å². The first kappa shape index (κ1) is 38.4. The molecule has 0 atom stereocenters. The highest BCUT2D eigenvalue weighted by molar-refractivity contribution is 6.35. The van der Waals surface area contributed by atoms with Crippen LogP contribution in [0.4, 0.5) is 13.2 Å². The van der Waals surface area contributed by atoms with Crippen LogP contribution < -0.4 is 4.74 Å². The number of unbranched alkanes of at least 4 members (excludes halogenated alkanes) is 1. The minimum atomic E-state index is -4.00. The maximum Gasteiger partial charge on any atom is 0.386 e. The number of ether oxygens (including phenoxy) is 1. The number of aromatic carboxylic acids is 1. The van der Waals surface area contributed by atoms with Crippen molar-refractivity contribution >= 4 is 35.1 Å². The van der Waals surface area contributed by atoms with Gasteiger partial charge in [-0.3, -0.25) is 9.69 Å². The normalized spacial score (nSPS) is 11.2. The summed E-state index contributed by atoms with van der Waals surface area (Å²) < 4.78 is 37.4. The van der Waals surface area contributed by atoms with Crippen LogP contribution in [0, 0.1) is 6.92 Å². The van der Waals surface area contributed by atoms with Crippen LogP contribution in [0.3, 0.4) is 0 Å². The molecule has 4 aromatic carbocycles. The molecule has 11 heteroatoms. The van der Waals surface area contributed by atoms with Crippen molar-refractivity contribution in [3.63, 3.8) is 0 Å². The lowest BCUT2D eigenvalue weighted by Crippen LogP contribution is -2.27. The summed E-state index contributed by atoms with van der Waals surface area (Å²) in [4.78, 5) is 24.5. The SMILES string of the molecule is CC(F)(F)F.Cc1ccc(OCc2ccc(-c3cc(Cl)cc(Cl)c3)cc2)c(CCN(CCCCC(=O)O)Cc2ccc(C(=O)O)cc2)c1. The van der Waals surface area contributed by atoms with Crippen LogP contribution in [-0.2, 0) is 24.4 Å². The van der Waals surface area contributed by atoms with Crippen molar-refractivity contribution in [1.29, 1.82) is 0 Å². The second-order valence-corrected chi connectivity index (χ2v) is 12.3. The summed E-state index contributed by atoms with van der Waals surface area (Å²) in [5.41, 5.74) is 6.51. The van der Waals surface area contributed by atoms with E-state index < -0.39 is 18.1 Å². The summed E-state index contributed by atoms with van der Waals surface area (Å²) in [5, 5.41) is 19.4. The molecule has 0 aromatic heterocycles. The molecule has 0 amide bonds. The Morgan fingerprint density at radius 2 is 1.40 bits per heavy atom. The molecule has 256 valence electrons. The number of hydrogen-bond donors (Lipinski definition) is 2. The minimum absolute atomic E-state index is 0.144. The Morgan fingerprint density at radius 1 is 0.792 bits per heavy atom. The van der Waals surface area contributed by atoms with E-state index >= 15 is 0 Å². The van der Waals surface area contributed by atoms with Gasteiger partial charge in [0.15, 0.2) is 0 Å². The Kier molecular flexibility index (Phi) is 14.8. The molecular formula is C37H38Cl2F3NO5. The van der Waals surface area contributed by atoms with Gasteiger partial charge in [-0.15, -0.1) is 0 Å². The first-order chi connectivity index (χ1) is 22.7. The molecule has 0 unspecified atom stereocenters. The van der Waals surface area contributed by atoms with Crippen molar-refractivity contribution < 1.29 is 37.7 Å². The maximum atomic E-state index is 11.2. The standard InChI is InChI=1S/C35H35Cl2NO5.C2H3F3/c1-24-5-14-33(43-23-26-8-10-27(11-9-26)30-19-31(36)21-32(37)20-30)29(18-24)15-17-38(16-3-2-4-34(39)40)22-25-6-12-28(13-7-25)35(41)42;1-2(3,4)5/h5-14,18-21H,2-4,15-17,22-23H2,1H3,(H,39,40)(H,41,42);1H3. The van der Waals surface area contributed by atoms with Crippen molar-refractivity contribution in [3.8, 4) is 16.9 Å². The van der Waals surface area contributed by atoms with E-state index in [9.17, 15) is 27.9 Å². The van der Waals surface area contributed by atoms with Crippen molar-refractivity contribution in [2.24, 2.45) is 0 Å². The zero-order valence-electron chi connectivity index (χ0n) is 26.7. The van der Waals surface area contributed by atoms with Crippen LogP contribution in [0.2, 0.25) is 10.0 Å². The first-order valence-corrected chi connectivity index (χ1v) is 16.0. The van der Waals surface area contributed by atoms with Crippen LogP contribution >= 0.6 is 23.2 Å². The molecule has 2 N–H and O–H groups in total. The summed E-state index contributed by atoms with van der Waals surface area (Å²) in [7, 11) is 0. The van der Waals surface area contributed by atoms with E-state index in [1.807, 2.05) is 60.7 Å². The second kappa shape index (κ2) is 18.5. The van der Waals surface area contributed by atoms with Gasteiger partial charge in [0.2, 0.25) is 0 Å². The number of aliphatic carboxylic acids is 1. The van der Waals surface area contributed by atoms with Gasteiger partial charge in [-0.05, 0) is 96.9 Å². The molecule has 0 spiro atoms. The third kappa shape index (κ3) is 14.4. The molecule has 6 nitrogen and oxygen atoms in total. The Bertz CT molecular complexity index is 1620. The monoisotopic (exact) mass is 703 g/mol. The lowest BCUT2D eigenvalue weighted by Gasteiger charge is -2.23. The molecule has 0 aliphatic carbocycles. The zero-order valence-corrected chi connectivity index (χ0v) is 28.2. The van der Waals surface area contributed by atoms with E-state index in [4.69, 9.17) is 33.0 Å². The van der Waals surface area contributed by atoms with Crippen LogP contribution in [0.25, 0.3) is 11.1 Å². The maximum absolute atomic E-state index is 11.2. The van der Waals surface area contributed by atoms with Crippen LogP contribution in [0.1, 0.15) is 58.8 Å². The highest BCUT2D eigenvalue weighted by Crippen LogP contribution is 2.28. The number of hydrogen-bond acceptors (Lipinski definition) is 4. The van der Waals surface area contributed by atoms with E-state index in [2.05, 4.69) is 17.9 Å². The molecule has 0 heterocycles. The Hall–Kier alpha value is -4.05. The van der Waals surface area contributed by atoms with Crippen LogP contribution in [0.5, 0.6) is 5.75 Å². The van der Waals surface area contributed by atoms with Gasteiger partial charge in [-0.25, -0.2) is 4.79 Å². The Labute approximate surface area is 288 Å². The topological polar surface area (TPSA) is 87.1 Å². The lowest BCUT2D eigenvalue weighted by molar-refractivity contribution is -0.137. The number of benzene rings is 4. The van der Waals surface area contributed by atoms with E-state index in [-0.39, 0.29) is 18.9 Å². The third-order valence-electron chi connectivity index (χ3n) is 7.18. The third-order valence-corrected chi connectivity index (χ3v) is 7.62. The average molecular weight is 705 g/mol. The van der Waals surface area contributed by atoms with Gasteiger partial charge in [0.05, 0.1) is 5.56 Å². The number of rotatable bonds is 15. The molecule has 4 rings (SSSR count). The van der Waals surface area contributed by atoms with Gasteiger partial charge in [0.25, 0.3) is 0 Å². The molecule has 0 bridgehead atoms. The average Bonchev–Trinajstić information content (AvgIpc) is 3.00. The number of aryl methyl sites for hydroxylation is 1. The molecule has 0 radical (unpaired) electrons. The van der Waals surface area contributed by atoms with Gasteiger partial charge < -0.3 is 14.9 Å². The van der Waals surface area contributed by atoms with Gasteiger partial charge in [0, 0.05) is 36.5 Å². The van der Waals surface area contributed by atoms with Crippen LogP contribution in [0.15, 0.2) is 84.9 Å². The van der Waals surface area contributed by atoms with Gasteiger partial charge in [-0.2, -0.15) is 13.2 Å². The van der Waals surface area contributed by atoms with Gasteiger partial charge in [0.1, 0.15) is 12.4 Å². The second-order valence-electron chi connectivity index (χ2n) is 11.4. The van der Waals surface area contributed by atoms with Crippen molar-refractivity contribution in [2.75, 3.05) is 13.1 Å². The summed E-state index contributed by atoms with van der Waals surface area (Å²) >= 11 is 12.3. The number of carboxylic acid groups (broad SMARTS) is 2. The van der Waals surface area contributed by atoms with Gasteiger partial charge >= 0.3 is 18.1 Å². The molecule has 0 saturated carbocycles. The Morgan fingerprint density at radius 3 is 1.98 bits per heavy atom. The lowest BCUT2D eigenvalue weighted by atomic mass is 10.0. The molecule has 0 fully saturated rings. The van der Waals surface area contributed by atoms with Crippen molar-refractivity contribution in [1.82, 2.24) is 4.90 Å². The summed E-state index contributed by atoms with van der Waals surface area (Å²) in [6.07, 6.45) is -1.75. The predicted octanol–water partition coefficient (Wildman–Crippen LogP) is 10.1. The fourth-order valence-corrected chi connectivity index (χ4v) is 5.42. The molecular weight excluding hydrogens is 666 g/mol. The molecule has 0 saturated heterocycles. The highest BCUT2D eigenvalue weighted by atomic mass is 35.5. The van der Waals surface area contributed by atoms with Crippen molar-refractivity contribution in [2.45, 2.75) is 58.9 Å². The minimum Gasteiger partial charge on any atom is -0.489 e. The van der Waals surface area contributed by atoms with E-state index in [0.29, 0.717) is 29.6 Å². The largest absolute Gasteiger partial charge is 0.489 e. The van der Waals surface area contributed by atoms with Crippen LogP contribution in [-0.4, -0.2) is 46.3 Å². The number of halogens is 5. The number of carbonyl (C=O) groups is 2. The molecule has 0 aliphatic heterocycles. The molecule has 4 aromatic rings. The smallest absolute Gasteiger partial charge is 0.386 e. The summed E-state index contributed by atoms with van der Waals surface area (Å²) in [5.74, 6) is -0.917. The highest BCUT2D eigenvalue weighted by Gasteiger charge is 2.16. The molecule has 0 aliphatic rings. The number of nitrogens with zero attached hydrogens (tertiary/aromatic N) is 1. The predicted molar refractivity (Wildman–Crippen MR) is 183 cm³/mol. The number of carboxylic acids is 2. The van der Waals surface area contributed by atoms with E-state index in [0.717, 1.165) is 65.1 Å². The fraction of sp³-hybridized carbons (Fsp3) is 0.297. The summed E-state index contributed by atoms with van der Waals surface area (Å²) in [6, 6.07) is 26.7. The summed E-state index contributed by atoms with van der Waals surface area (Å²) in [6.45, 7) is 4.78. The quantitative estimate of drug-likeness (QED) is 0.120. The van der Waals surface area contributed by atoms with Crippen molar-refractivity contribution in [3.05, 3.63) is 123 Å². The zero-order chi connectivity index (χ0) is 35.3. The first-order valence-electron chi connectivity index (χ1n) is 15.3. The Balaban J connectivity index is 0.00000116. The fourth-order valence-electron chi connectivity index (χ4n) is 4.89.